The first-order valence-electron chi connectivity index (χ1n) is 13.8. The lowest BCUT2D eigenvalue weighted by molar-refractivity contribution is 0.197. The number of pyridine rings is 1. The van der Waals surface area contributed by atoms with Gasteiger partial charge in [-0.15, -0.1) is 5.10 Å². The van der Waals surface area contributed by atoms with Crippen LogP contribution >= 0.6 is 11.3 Å². The number of benzene rings is 2. The van der Waals surface area contributed by atoms with Crippen molar-refractivity contribution in [2.45, 2.75) is 51.6 Å². The Balaban J connectivity index is 1.27. The van der Waals surface area contributed by atoms with Crippen LogP contribution in [0.3, 0.4) is 0 Å². The number of rotatable bonds is 5. The molecule has 10 heteroatoms. The molecule has 3 aromatic heterocycles. The molecule has 200 valence electrons. The summed E-state index contributed by atoms with van der Waals surface area (Å²) in [6.45, 7) is 7.37. The molecule has 1 unspecified atom stereocenters. The summed E-state index contributed by atoms with van der Waals surface area (Å²) in [5, 5.41) is 15.2. The third-order valence-corrected chi connectivity index (χ3v) is 9.40. The Bertz CT molecular complexity index is 1670. The first-order chi connectivity index (χ1) is 19.0. The van der Waals surface area contributed by atoms with E-state index in [1.807, 2.05) is 16.8 Å². The van der Waals surface area contributed by atoms with Gasteiger partial charge < -0.3 is 9.88 Å². The molecule has 5 aromatic rings. The van der Waals surface area contributed by atoms with E-state index in [1.165, 1.54) is 17.5 Å². The minimum Gasteiger partial charge on any atom is -0.345 e. The van der Waals surface area contributed by atoms with Crippen LogP contribution in [0.15, 0.2) is 47.3 Å². The number of aromatic nitrogens is 6. The Morgan fingerprint density at radius 2 is 1.82 bits per heavy atom. The molecule has 0 amide bonds. The van der Waals surface area contributed by atoms with E-state index in [2.05, 4.69) is 74.5 Å². The zero-order valence-electron chi connectivity index (χ0n) is 22.3. The van der Waals surface area contributed by atoms with Crippen LogP contribution in [0.1, 0.15) is 60.3 Å². The zero-order valence-corrected chi connectivity index (χ0v) is 23.1. The molecule has 2 aliphatic rings. The number of hydrogen-bond donors (Lipinski definition) is 1. The highest BCUT2D eigenvalue weighted by Crippen LogP contribution is 2.35. The highest BCUT2D eigenvalue weighted by Gasteiger charge is 2.35. The van der Waals surface area contributed by atoms with Crippen molar-refractivity contribution in [2.24, 2.45) is 0 Å². The van der Waals surface area contributed by atoms with Gasteiger partial charge in [0.05, 0.1) is 16.3 Å². The van der Waals surface area contributed by atoms with E-state index in [0.29, 0.717) is 5.56 Å². The Morgan fingerprint density at radius 1 is 1.03 bits per heavy atom. The summed E-state index contributed by atoms with van der Waals surface area (Å²) in [5.41, 5.74) is 4.83. The van der Waals surface area contributed by atoms with Crippen LogP contribution in [-0.2, 0) is 0 Å². The second-order valence-electron chi connectivity index (χ2n) is 10.9. The quantitative estimate of drug-likeness (QED) is 0.343. The lowest BCUT2D eigenvalue weighted by atomic mass is 9.99. The number of fused-ring (bicyclic) bond motifs is 2. The molecule has 2 fully saturated rings. The first kappa shape index (κ1) is 24.4. The number of aromatic amines is 1. The van der Waals surface area contributed by atoms with Gasteiger partial charge in [0.25, 0.3) is 5.56 Å². The molecular formula is C29H32N8OS. The Morgan fingerprint density at radius 3 is 2.62 bits per heavy atom. The van der Waals surface area contributed by atoms with Crippen LogP contribution in [0.5, 0.6) is 0 Å². The smallest absolute Gasteiger partial charge is 0.253 e. The van der Waals surface area contributed by atoms with E-state index < -0.39 is 0 Å². The maximum absolute atomic E-state index is 13.7. The number of H-pyrrole nitrogens is 1. The molecule has 4 heterocycles. The molecule has 1 N–H and O–H groups in total. The highest BCUT2D eigenvalue weighted by molar-refractivity contribution is 7.22. The van der Waals surface area contributed by atoms with Gasteiger partial charge in [0.1, 0.15) is 6.04 Å². The van der Waals surface area contributed by atoms with Crippen molar-refractivity contribution in [3.63, 3.8) is 0 Å². The standard InChI is InChI=1S/C29H32N8OS/c1-18-15-19(2)21-17-22(28(38)30-24(21)16-18)26(27-32-33-34-37(27)20-7-3-4-8-20)35-11-13-36(14-12-35)29-31-23-9-5-6-10-25(23)39-29/h5-6,9-10,15-17,20,26H,3-4,7-8,11-14H2,1-2H3,(H,30,38). The predicted octanol–water partition coefficient (Wildman–Crippen LogP) is 4.77. The molecule has 0 spiro atoms. The van der Waals surface area contributed by atoms with Gasteiger partial charge in [-0.1, -0.05) is 42.4 Å². The van der Waals surface area contributed by atoms with Gasteiger partial charge in [0, 0.05) is 42.6 Å². The molecule has 7 rings (SSSR count). The molecule has 0 radical (unpaired) electrons. The average molecular weight is 541 g/mol. The van der Waals surface area contributed by atoms with Gasteiger partial charge >= 0.3 is 0 Å². The van der Waals surface area contributed by atoms with Crippen LogP contribution in [-0.4, -0.2) is 61.3 Å². The topological polar surface area (TPSA) is 95.8 Å². The third-order valence-electron chi connectivity index (χ3n) is 8.30. The van der Waals surface area contributed by atoms with E-state index in [0.717, 1.165) is 77.5 Å². The first-order valence-corrected chi connectivity index (χ1v) is 14.6. The van der Waals surface area contributed by atoms with Crippen molar-refractivity contribution in [1.82, 2.24) is 35.1 Å². The van der Waals surface area contributed by atoms with Crippen molar-refractivity contribution in [3.05, 3.63) is 75.3 Å². The van der Waals surface area contributed by atoms with Gasteiger partial charge in [-0.3, -0.25) is 9.69 Å². The monoisotopic (exact) mass is 540 g/mol. The van der Waals surface area contributed by atoms with Crippen LogP contribution < -0.4 is 10.5 Å². The Hall–Kier alpha value is -3.63. The van der Waals surface area contributed by atoms with Gasteiger partial charge in [-0.05, 0) is 72.5 Å². The predicted molar refractivity (Wildman–Crippen MR) is 155 cm³/mol. The minimum atomic E-state index is -0.327. The number of para-hydroxylation sites is 1. The van der Waals surface area contributed by atoms with Gasteiger partial charge in [-0.2, -0.15) is 0 Å². The summed E-state index contributed by atoms with van der Waals surface area (Å²) < 4.78 is 3.21. The maximum atomic E-state index is 13.7. The van der Waals surface area contributed by atoms with Gasteiger partial charge in [0.15, 0.2) is 11.0 Å². The maximum Gasteiger partial charge on any atom is 0.253 e. The number of hydrogen-bond acceptors (Lipinski definition) is 8. The van der Waals surface area contributed by atoms with Crippen molar-refractivity contribution in [1.29, 1.82) is 0 Å². The Labute approximate surface area is 230 Å². The summed E-state index contributed by atoms with van der Waals surface area (Å²) in [5.74, 6) is 0.768. The van der Waals surface area contributed by atoms with E-state index in [1.54, 1.807) is 11.3 Å². The molecule has 2 aromatic carbocycles. The molecule has 1 atom stereocenters. The number of anilines is 1. The largest absolute Gasteiger partial charge is 0.345 e. The highest BCUT2D eigenvalue weighted by atomic mass is 32.1. The van der Waals surface area contributed by atoms with Crippen LogP contribution in [0, 0.1) is 13.8 Å². The van der Waals surface area contributed by atoms with E-state index in [9.17, 15) is 4.79 Å². The van der Waals surface area contributed by atoms with Crippen LogP contribution in [0.4, 0.5) is 5.13 Å². The molecule has 1 aliphatic carbocycles. The van der Waals surface area contributed by atoms with Crippen molar-refractivity contribution >= 4 is 37.6 Å². The van der Waals surface area contributed by atoms with Crippen LogP contribution in [0.2, 0.25) is 0 Å². The lowest BCUT2D eigenvalue weighted by Gasteiger charge is -2.38. The van der Waals surface area contributed by atoms with Crippen molar-refractivity contribution in [2.75, 3.05) is 31.1 Å². The zero-order chi connectivity index (χ0) is 26.5. The van der Waals surface area contributed by atoms with Crippen molar-refractivity contribution < 1.29 is 0 Å². The third kappa shape index (κ3) is 4.41. The summed E-state index contributed by atoms with van der Waals surface area (Å²) in [4.78, 5) is 26.5. The average Bonchev–Trinajstić information content (AvgIpc) is 3.70. The molecular weight excluding hydrogens is 508 g/mol. The van der Waals surface area contributed by atoms with Crippen LogP contribution in [0.25, 0.3) is 21.1 Å². The molecule has 1 saturated carbocycles. The lowest BCUT2D eigenvalue weighted by Crippen LogP contribution is -2.49. The number of thiazole rings is 1. The second-order valence-corrected chi connectivity index (χ2v) is 11.9. The van der Waals surface area contributed by atoms with E-state index in [4.69, 9.17) is 4.98 Å². The fraction of sp³-hybridized carbons (Fsp3) is 0.414. The Kier molecular flexibility index (Phi) is 6.16. The minimum absolute atomic E-state index is 0.0768. The van der Waals surface area contributed by atoms with Crippen molar-refractivity contribution in [3.8, 4) is 0 Å². The molecule has 9 nitrogen and oxygen atoms in total. The van der Waals surface area contributed by atoms with E-state index in [-0.39, 0.29) is 17.6 Å². The summed E-state index contributed by atoms with van der Waals surface area (Å²) in [6.07, 6.45) is 4.51. The SMILES string of the molecule is Cc1cc(C)c2cc(C(c3nnnn3C3CCCC3)N3CCN(c4nc5ccccc5s4)CC3)c(=O)[nH]c2c1. The molecule has 0 bridgehead atoms. The van der Waals surface area contributed by atoms with Gasteiger partial charge in [-0.25, -0.2) is 9.67 Å². The fourth-order valence-corrected chi connectivity index (χ4v) is 7.36. The fourth-order valence-electron chi connectivity index (χ4n) is 6.35. The molecule has 1 saturated heterocycles. The van der Waals surface area contributed by atoms with Gasteiger partial charge in [0.2, 0.25) is 0 Å². The number of aryl methyl sites for hydroxylation is 2. The summed E-state index contributed by atoms with van der Waals surface area (Å²) in [7, 11) is 0. The normalized spacial score (nSPS) is 17.9. The molecule has 1 aliphatic heterocycles. The number of nitrogens with zero attached hydrogens (tertiary/aromatic N) is 7. The van der Waals surface area contributed by atoms with E-state index >= 15 is 0 Å². The number of tetrazole rings is 1. The number of piperazine rings is 1. The second kappa shape index (κ2) is 9.84. The number of nitrogens with one attached hydrogen (secondary N) is 1. The summed E-state index contributed by atoms with van der Waals surface area (Å²) >= 11 is 1.74. The molecule has 39 heavy (non-hydrogen) atoms. The summed E-state index contributed by atoms with van der Waals surface area (Å²) in [6, 6.07) is 14.5.